The largest absolute Gasteiger partial charge is 0.338 e. The molecule has 1 unspecified atom stereocenters. The molecule has 0 radical (unpaired) electrons. The second kappa shape index (κ2) is 6.81. The van der Waals surface area contributed by atoms with Crippen LogP contribution in [0.25, 0.3) is 5.69 Å². The van der Waals surface area contributed by atoms with E-state index in [1.54, 1.807) is 11.8 Å². The number of aromatic nitrogens is 4. The fourth-order valence-electron chi connectivity index (χ4n) is 2.49. The van der Waals surface area contributed by atoms with Gasteiger partial charge >= 0.3 is 0 Å². The van der Waals surface area contributed by atoms with Gasteiger partial charge in [-0.1, -0.05) is 48.5 Å². The molecule has 0 amide bonds. The molecule has 0 spiro atoms. The molecule has 3 rings (SSSR count). The Morgan fingerprint density at radius 1 is 1.17 bits per heavy atom. The maximum Gasteiger partial charge on any atom is 0.239 e. The molecular weight excluding hydrogens is 320 g/mol. The second-order valence-electron chi connectivity index (χ2n) is 6.28. The Hall–Kier alpha value is -2.08. The minimum absolute atomic E-state index is 0.0388. The van der Waals surface area contributed by atoms with Gasteiger partial charge in [0.05, 0.1) is 10.9 Å². The third-order valence-electron chi connectivity index (χ3n) is 3.82. The molecule has 6 heteroatoms. The monoisotopic (exact) mass is 342 g/mol. The Balaban J connectivity index is 1.84. The molecule has 0 aliphatic heterocycles. The Morgan fingerprint density at radius 2 is 1.96 bits per heavy atom. The normalized spacial score (nSPS) is 12.8. The molecular formula is C18H22N4OS. The van der Waals surface area contributed by atoms with E-state index in [0.29, 0.717) is 5.89 Å². The number of thioether (sulfide) groups is 1. The highest BCUT2D eigenvalue weighted by atomic mass is 32.2. The zero-order valence-electron chi connectivity index (χ0n) is 14.6. The Morgan fingerprint density at radius 3 is 2.62 bits per heavy atom. The second-order valence-corrected chi connectivity index (χ2v) is 7.58. The SMILES string of the molecule is Cc1ccc(-n2ccnc2SC(C)c2nc(C(C)C)no2)c(C)c1. The molecule has 2 heterocycles. The summed E-state index contributed by atoms with van der Waals surface area (Å²) < 4.78 is 7.51. The van der Waals surface area contributed by atoms with E-state index in [9.17, 15) is 0 Å². The Labute approximate surface area is 146 Å². The van der Waals surface area contributed by atoms with Gasteiger partial charge in [-0.25, -0.2) is 4.98 Å². The lowest BCUT2D eigenvalue weighted by atomic mass is 10.1. The fourth-order valence-corrected chi connectivity index (χ4v) is 3.40. The van der Waals surface area contributed by atoms with Crippen LogP contribution in [0.2, 0.25) is 0 Å². The van der Waals surface area contributed by atoms with Gasteiger partial charge < -0.3 is 4.52 Å². The van der Waals surface area contributed by atoms with Crippen molar-refractivity contribution in [1.29, 1.82) is 0 Å². The molecule has 5 nitrogen and oxygen atoms in total. The number of hydrogen-bond acceptors (Lipinski definition) is 5. The highest BCUT2D eigenvalue weighted by Crippen LogP contribution is 2.35. The first-order valence-corrected chi connectivity index (χ1v) is 8.94. The summed E-state index contributed by atoms with van der Waals surface area (Å²) in [6.45, 7) is 10.4. The van der Waals surface area contributed by atoms with Crippen molar-refractivity contribution in [3.63, 3.8) is 0 Å². The molecule has 0 bridgehead atoms. The summed E-state index contributed by atoms with van der Waals surface area (Å²) in [5.41, 5.74) is 3.62. The summed E-state index contributed by atoms with van der Waals surface area (Å²) in [5, 5.41) is 5.00. The van der Waals surface area contributed by atoms with Crippen LogP contribution in [0.5, 0.6) is 0 Å². The van der Waals surface area contributed by atoms with Gasteiger partial charge in [0, 0.05) is 18.3 Å². The highest BCUT2D eigenvalue weighted by molar-refractivity contribution is 7.99. The van der Waals surface area contributed by atoms with Crippen LogP contribution in [-0.2, 0) is 0 Å². The number of aryl methyl sites for hydroxylation is 2. The molecule has 0 saturated heterocycles. The molecule has 0 fully saturated rings. The van der Waals surface area contributed by atoms with Gasteiger partial charge in [-0.15, -0.1) is 0 Å². The quantitative estimate of drug-likeness (QED) is 0.620. The molecule has 1 aromatic carbocycles. The van der Waals surface area contributed by atoms with Gasteiger partial charge in [0.15, 0.2) is 11.0 Å². The summed E-state index contributed by atoms with van der Waals surface area (Å²) in [6, 6.07) is 6.43. The number of rotatable bonds is 5. The zero-order valence-corrected chi connectivity index (χ0v) is 15.5. The van der Waals surface area contributed by atoms with Crippen LogP contribution in [-0.4, -0.2) is 19.7 Å². The predicted octanol–water partition coefficient (Wildman–Crippen LogP) is 4.85. The Bertz CT molecular complexity index is 837. The van der Waals surface area contributed by atoms with Crippen molar-refractivity contribution in [3.8, 4) is 5.69 Å². The molecule has 0 aliphatic rings. The van der Waals surface area contributed by atoms with E-state index in [2.05, 4.69) is 72.5 Å². The van der Waals surface area contributed by atoms with E-state index in [-0.39, 0.29) is 11.2 Å². The van der Waals surface area contributed by atoms with Crippen LogP contribution in [0, 0.1) is 13.8 Å². The lowest BCUT2D eigenvalue weighted by Crippen LogP contribution is -2.00. The third kappa shape index (κ3) is 3.38. The summed E-state index contributed by atoms with van der Waals surface area (Å²) in [4.78, 5) is 8.99. The van der Waals surface area contributed by atoms with Crippen molar-refractivity contribution in [2.24, 2.45) is 0 Å². The van der Waals surface area contributed by atoms with Crippen molar-refractivity contribution in [1.82, 2.24) is 19.7 Å². The van der Waals surface area contributed by atoms with Crippen molar-refractivity contribution >= 4 is 11.8 Å². The van der Waals surface area contributed by atoms with Gasteiger partial charge in [0.1, 0.15) is 0 Å². The molecule has 2 aromatic heterocycles. The maximum atomic E-state index is 5.40. The van der Waals surface area contributed by atoms with Gasteiger partial charge in [-0.2, -0.15) is 4.98 Å². The van der Waals surface area contributed by atoms with Crippen LogP contribution in [0.4, 0.5) is 0 Å². The first kappa shape index (κ1) is 16.8. The van der Waals surface area contributed by atoms with Gasteiger partial charge in [0.2, 0.25) is 5.89 Å². The van der Waals surface area contributed by atoms with Crippen LogP contribution in [0.3, 0.4) is 0 Å². The van der Waals surface area contributed by atoms with Crippen molar-refractivity contribution in [2.75, 3.05) is 0 Å². The van der Waals surface area contributed by atoms with Crippen LogP contribution in [0.1, 0.15) is 54.8 Å². The molecule has 0 aliphatic carbocycles. The minimum atomic E-state index is 0.0388. The van der Waals surface area contributed by atoms with Gasteiger partial charge in [0.25, 0.3) is 0 Å². The predicted molar refractivity (Wildman–Crippen MR) is 95.7 cm³/mol. The minimum Gasteiger partial charge on any atom is -0.338 e. The van der Waals surface area contributed by atoms with Gasteiger partial charge in [-0.05, 0) is 32.4 Å². The molecule has 24 heavy (non-hydrogen) atoms. The number of benzene rings is 1. The summed E-state index contributed by atoms with van der Waals surface area (Å²) in [6.07, 6.45) is 3.81. The van der Waals surface area contributed by atoms with E-state index in [0.717, 1.165) is 16.7 Å². The van der Waals surface area contributed by atoms with E-state index in [4.69, 9.17) is 4.52 Å². The fraction of sp³-hybridized carbons (Fsp3) is 0.389. The number of nitrogens with zero attached hydrogens (tertiary/aromatic N) is 4. The van der Waals surface area contributed by atoms with E-state index in [1.165, 1.54) is 11.1 Å². The van der Waals surface area contributed by atoms with E-state index >= 15 is 0 Å². The smallest absolute Gasteiger partial charge is 0.239 e. The summed E-state index contributed by atoms with van der Waals surface area (Å²) in [7, 11) is 0. The molecule has 0 N–H and O–H groups in total. The lowest BCUT2D eigenvalue weighted by Gasteiger charge is -2.12. The zero-order chi connectivity index (χ0) is 17.3. The third-order valence-corrected chi connectivity index (χ3v) is 4.89. The summed E-state index contributed by atoms with van der Waals surface area (Å²) >= 11 is 1.62. The van der Waals surface area contributed by atoms with Crippen LogP contribution in [0.15, 0.2) is 40.3 Å². The van der Waals surface area contributed by atoms with E-state index in [1.807, 2.05) is 12.4 Å². The average molecular weight is 342 g/mol. The first-order chi connectivity index (χ1) is 11.5. The topological polar surface area (TPSA) is 56.7 Å². The van der Waals surface area contributed by atoms with Crippen molar-refractivity contribution < 1.29 is 4.52 Å². The van der Waals surface area contributed by atoms with Crippen LogP contribution >= 0.6 is 11.8 Å². The lowest BCUT2D eigenvalue weighted by molar-refractivity contribution is 0.373. The molecule has 3 aromatic rings. The van der Waals surface area contributed by atoms with Crippen LogP contribution < -0.4 is 0 Å². The molecule has 126 valence electrons. The van der Waals surface area contributed by atoms with Crippen molar-refractivity contribution in [3.05, 3.63) is 53.4 Å². The molecule has 1 atom stereocenters. The molecule has 0 saturated carbocycles. The van der Waals surface area contributed by atoms with Crippen molar-refractivity contribution in [2.45, 2.75) is 50.9 Å². The van der Waals surface area contributed by atoms with E-state index < -0.39 is 0 Å². The maximum absolute atomic E-state index is 5.40. The van der Waals surface area contributed by atoms with Gasteiger partial charge in [-0.3, -0.25) is 4.57 Å². The summed E-state index contributed by atoms with van der Waals surface area (Å²) in [5.74, 6) is 1.64. The number of imidazole rings is 1. The highest BCUT2D eigenvalue weighted by Gasteiger charge is 2.19. The number of hydrogen-bond donors (Lipinski definition) is 0. The average Bonchev–Trinajstić information content (AvgIpc) is 3.16. The first-order valence-electron chi connectivity index (χ1n) is 8.07. The standard InChI is InChI=1S/C18H22N4OS/c1-11(2)16-20-17(23-21-16)14(5)24-18-19-8-9-22(18)15-7-6-12(3)10-13(15)4/h6-11,14H,1-5H3. The Kier molecular flexibility index (Phi) is 4.76.